The highest BCUT2D eigenvalue weighted by molar-refractivity contribution is 7.84. The zero-order chi connectivity index (χ0) is 17.6. The summed E-state index contributed by atoms with van der Waals surface area (Å²) >= 11 is 0. The van der Waals surface area contributed by atoms with Gasteiger partial charge >= 0.3 is 16.3 Å². The first-order valence-corrected chi connectivity index (χ1v) is 8.59. The van der Waals surface area contributed by atoms with E-state index in [1.54, 1.807) is 24.3 Å². The Balaban J connectivity index is 2.21. The van der Waals surface area contributed by atoms with E-state index in [2.05, 4.69) is 8.92 Å². The number of esters is 1. The van der Waals surface area contributed by atoms with Crippen LogP contribution >= 0.6 is 0 Å². The van der Waals surface area contributed by atoms with Gasteiger partial charge in [0.05, 0.1) is 19.8 Å². The SMILES string of the molecule is COC(=O)c1ccc(CN(Cc2ccccc2)S(=O)(=O)OC)cc1. The van der Waals surface area contributed by atoms with E-state index in [1.807, 2.05) is 30.3 Å². The third kappa shape index (κ3) is 4.64. The predicted molar refractivity (Wildman–Crippen MR) is 89.4 cm³/mol. The summed E-state index contributed by atoms with van der Waals surface area (Å²) in [5, 5.41) is 0. The van der Waals surface area contributed by atoms with Crippen molar-refractivity contribution in [3.63, 3.8) is 0 Å². The molecule has 2 aromatic carbocycles. The van der Waals surface area contributed by atoms with Crippen molar-refractivity contribution in [2.24, 2.45) is 0 Å². The average molecular weight is 349 g/mol. The molecule has 0 bridgehead atoms. The van der Waals surface area contributed by atoms with Crippen LogP contribution in [0.2, 0.25) is 0 Å². The lowest BCUT2D eigenvalue weighted by molar-refractivity contribution is 0.0600. The lowest BCUT2D eigenvalue weighted by atomic mass is 10.1. The van der Waals surface area contributed by atoms with Crippen LogP contribution in [0.25, 0.3) is 0 Å². The van der Waals surface area contributed by atoms with Crippen LogP contribution < -0.4 is 0 Å². The quantitative estimate of drug-likeness (QED) is 0.718. The van der Waals surface area contributed by atoms with Gasteiger partial charge in [-0.1, -0.05) is 42.5 Å². The molecule has 2 aromatic rings. The van der Waals surface area contributed by atoms with Crippen LogP contribution in [0, 0.1) is 0 Å². The summed E-state index contributed by atoms with van der Waals surface area (Å²) in [7, 11) is -1.40. The number of carbonyl (C=O) groups is 1. The molecule has 0 aliphatic carbocycles. The number of rotatable bonds is 7. The molecule has 0 fully saturated rings. The first kappa shape index (κ1) is 18.1. The minimum atomic E-state index is -3.85. The van der Waals surface area contributed by atoms with Crippen molar-refractivity contribution < 1.29 is 22.1 Å². The highest BCUT2D eigenvalue weighted by atomic mass is 32.2. The first-order chi connectivity index (χ1) is 11.5. The van der Waals surface area contributed by atoms with E-state index in [-0.39, 0.29) is 13.1 Å². The summed E-state index contributed by atoms with van der Waals surface area (Å²) in [6, 6.07) is 15.8. The van der Waals surface area contributed by atoms with E-state index in [0.29, 0.717) is 5.56 Å². The number of benzene rings is 2. The fourth-order valence-electron chi connectivity index (χ4n) is 2.17. The van der Waals surface area contributed by atoms with Crippen LogP contribution in [0.15, 0.2) is 54.6 Å². The number of methoxy groups -OCH3 is 1. The van der Waals surface area contributed by atoms with Crippen molar-refractivity contribution in [2.75, 3.05) is 14.2 Å². The van der Waals surface area contributed by atoms with Crippen LogP contribution in [-0.4, -0.2) is 32.9 Å². The lowest BCUT2D eigenvalue weighted by Gasteiger charge is -2.20. The standard InChI is InChI=1S/C17H19NO5S/c1-22-17(19)16-10-8-15(9-11-16)13-18(24(20,21)23-2)12-14-6-4-3-5-7-14/h3-11H,12-13H2,1-2H3. The van der Waals surface area contributed by atoms with Crippen molar-refractivity contribution in [1.29, 1.82) is 0 Å². The first-order valence-electron chi connectivity index (χ1n) is 7.23. The molecule has 6 nitrogen and oxygen atoms in total. The van der Waals surface area contributed by atoms with Gasteiger partial charge in [0.15, 0.2) is 0 Å². The van der Waals surface area contributed by atoms with E-state index in [9.17, 15) is 13.2 Å². The zero-order valence-corrected chi connectivity index (χ0v) is 14.3. The number of carbonyl (C=O) groups excluding carboxylic acids is 1. The molecule has 0 aliphatic heterocycles. The van der Waals surface area contributed by atoms with Gasteiger partial charge in [-0.25, -0.2) is 4.79 Å². The molecule has 0 radical (unpaired) electrons. The second-order valence-corrected chi connectivity index (χ2v) is 6.77. The molecule has 0 N–H and O–H groups in total. The number of nitrogens with zero attached hydrogens (tertiary/aromatic N) is 1. The van der Waals surface area contributed by atoms with Gasteiger partial charge in [-0.05, 0) is 23.3 Å². The van der Waals surface area contributed by atoms with Crippen LogP contribution in [0.4, 0.5) is 0 Å². The van der Waals surface area contributed by atoms with E-state index in [4.69, 9.17) is 0 Å². The van der Waals surface area contributed by atoms with Gasteiger partial charge in [-0.3, -0.25) is 4.18 Å². The second-order valence-electron chi connectivity index (χ2n) is 5.07. The number of hydrogen-bond acceptors (Lipinski definition) is 5. The van der Waals surface area contributed by atoms with Crippen molar-refractivity contribution in [3.8, 4) is 0 Å². The third-order valence-electron chi connectivity index (χ3n) is 3.46. The summed E-state index contributed by atoms with van der Waals surface area (Å²) in [6.45, 7) is 0.322. The summed E-state index contributed by atoms with van der Waals surface area (Å²) in [4.78, 5) is 11.4. The fraction of sp³-hybridized carbons (Fsp3) is 0.235. The molecule has 128 valence electrons. The molecule has 0 spiro atoms. The molecule has 0 amide bonds. The molecular formula is C17H19NO5S. The Morgan fingerprint density at radius 2 is 1.46 bits per heavy atom. The van der Waals surface area contributed by atoms with Crippen molar-refractivity contribution in [3.05, 3.63) is 71.3 Å². The van der Waals surface area contributed by atoms with Crippen molar-refractivity contribution in [2.45, 2.75) is 13.1 Å². The average Bonchev–Trinajstić information content (AvgIpc) is 2.62. The minimum Gasteiger partial charge on any atom is -0.465 e. The molecule has 0 saturated carbocycles. The summed E-state index contributed by atoms with van der Waals surface area (Å²) in [5.74, 6) is -0.438. The highest BCUT2D eigenvalue weighted by Gasteiger charge is 2.22. The van der Waals surface area contributed by atoms with Crippen molar-refractivity contribution in [1.82, 2.24) is 4.31 Å². The van der Waals surface area contributed by atoms with Gasteiger partial charge in [0.25, 0.3) is 0 Å². The largest absolute Gasteiger partial charge is 0.465 e. The molecule has 0 unspecified atom stereocenters. The zero-order valence-electron chi connectivity index (χ0n) is 13.5. The van der Waals surface area contributed by atoms with Gasteiger partial charge in [-0.15, -0.1) is 0 Å². The van der Waals surface area contributed by atoms with Gasteiger partial charge in [0.2, 0.25) is 0 Å². The molecule has 0 saturated heterocycles. The second kappa shape index (κ2) is 8.05. The fourth-order valence-corrected chi connectivity index (χ4v) is 3.00. The van der Waals surface area contributed by atoms with Crippen LogP contribution in [0.1, 0.15) is 21.5 Å². The topological polar surface area (TPSA) is 72.9 Å². The Morgan fingerprint density at radius 3 is 1.96 bits per heavy atom. The monoisotopic (exact) mass is 349 g/mol. The molecule has 24 heavy (non-hydrogen) atoms. The van der Waals surface area contributed by atoms with Gasteiger partial charge in [0, 0.05) is 13.1 Å². The highest BCUT2D eigenvalue weighted by Crippen LogP contribution is 2.16. The van der Waals surface area contributed by atoms with Crippen LogP contribution in [0.3, 0.4) is 0 Å². The summed E-state index contributed by atoms with van der Waals surface area (Å²) in [6.07, 6.45) is 0. The third-order valence-corrected chi connectivity index (χ3v) is 4.77. The molecule has 0 heterocycles. The molecule has 0 aromatic heterocycles. The van der Waals surface area contributed by atoms with Gasteiger partial charge in [-0.2, -0.15) is 12.7 Å². The summed E-state index contributed by atoms with van der Waals surface area (Å²) in [5.41, 5.74) is 1.99. The van der Waals surface area contributed by atoms with Crippen LogP contribution in [0.5, 0.6) is 0 Å². The number of hydrogen-bond donors (Lipinski definition) is 0. The molecule has 7 heteroatoms. The maximum Gasteiger partial charge on any atom is 0.338 e. The van der Waals surface area contributed by atoms with E-state index in [0.717, 1.165) is 18.2 Å². The Labute approximate surface area is 141 Å². The van der Waals surface area contributed by atoms with Gasteiger partial charge < -0.3 is 4.74 Å². The maximum absolute atomic E-state index is 12.2. The van der Waals surface area contributed by atoms with Crippen molar-refractivity contribution >= 4 is 16.3 Å². The Hall–Kier alpha value is -2.22. The minimum absolute atomic E-state index is 0.131. The Bertz CT molecular complexity index is 772. The summed E-state index contributed by atoms with van der Waals surface area (Å²) < 4.78 is 34.8. The van der Waals surface area contributed by atoms with E-state index in [1.165, 1.54) is 11.4 Å². The van der Waals surface area contributed by atoms with Crippen LogP contribution in [-0.2, 0) is 32.3 Å². The smallest absolute Gasteiger partial charge is 0.338 e. The van der Waals surface area contributed by atoms with Gasteiger partial charge in [0.1, 0.15) is 0 Å². The maximum atomic E-state index is 12.2. The molecule has 0 aliphatic rings. The Kier molecular flexibility index (Phi) is 6.08. The lowest BCUT2D eigenvalue weighted by Crippen LogP contribution is -2.31. The number of ether oxygens (including phenoxy) is 1. The predicted octanol–water partition coefficient (Wildman–Crippen LogP) is 2.37. The normalized spacial score (nSPS) is 11.5. The molecular weight excluding hydrogens is 330 g/mol. The Morgan fingerprint density at radius 1 is 0.917 bits per heavy atom. The molecule has 2 rings (SSSR count). The van der Waals surface area contributed by atoms with E-state index < -0.39 is 16.3 Å². The van der Waals surface area contributed by atoms with E-state index >= 15 is 0 Å². The molecule has 0 atom stereocenters.